The standard InChI is InChI=1S/C16H25N3O2/c1-12(11-19-7-3-4-8-19)10-18-15-6-5-13(17)9-14(15)16(20)21-2/h5-6,9,12,18H,3-4,7-8,10-11,17H2,1-2H3. The molecule has 0 saturated carbocycles. The number of carbonyl (C=O) groups excluding carboxylic acids is 1. The molecular weight excluding hydrogens is 266 g/mol. The second kappa shape index (κ2) is 7.31. The van der Waals surface area contributed by atoms with E-state index in [-0.39, 0.29) is 5.97 Å². The first-order chi connectivity index (χ1) is 10.1. The van der Waals surface area contributed by atoms with Gasteiger partial charge < -0.3 is 20.7 Å². The van der Waals surface area contributed by atoms with Gasteiger partial charge in [0.15, 0.2) is 0 Å². The van der Waals surface area contributed by atoms with Crippen LogP contribution in [0.5, 0.6) is 0 Å². The highest BCUT2D eigenvalue weighted by molar-refractivity contribution is 5.96. The van der Waals surface area contributed by atoms with Crippen LogP contribution < -0.4 is 11.1 Å². The molecule has 1 aliphatic rings. The van der Waals surface area contributed by atoms with Gasteiger partial charge in [-0.15, -0.1) is 0 Å². The molecule has 0 aromatic heterocycles. The van der Waals surface area contributed by atoms with E-state index in [9.17, 15) is 4.79 Å². The van der Waals surface area contributed by atoms with Gasteiger partial charge in [-0.3, -0.25) is 0 Å². The van der Waals surface area contributed by atoms with Gasteiger partial charge in [0.25, 0.3) is 0 Å². The van der Waals surface area contributed by atoms with Crippen LogP contribution >= 0.6 is 0 Å². The molecule has 1 aliphatic heterocycles. The zero-order valence-electron chi connectivity index (χ0n) is 12.9. The smallest absolute Gasteiger partial charge is 0.340 e. The average Bonchev–Trinajstić information content (AvgIpc) is 2.98. The number of esters is 1. The third-order valence-corrected chi connectivity index (χ3v) is 3.86. The van der Waals surface area contributed by atoms with E-state index in [0.717, 1.165) is 18.8 Å². The Bertz CT molecular complexity index is 484. The van der Waals surface area contributed by atoms with Crippen LogP contribution in [0, 0.1) is 5.92 Å². The largest absolute Gasteiger partial charge is 0.465 e. The van der Waals surface area contributed by atoms with Crippen LogP contribution in [0.25, 0.3) is 0 Å². The second-order valence-corrected chi connectivity index (χ2v) is 5.79. The number of rotatable bonds is 6. The van der Waals surface area contributed by atoms with E-state index in [4.69, 9.17) is 10.5 Å². The van der Waals surface area contributed by atoms with E-state index in [1.54, 1.807) is 12.1 Å². The summed E-state index contributed by atoms with van der Waals surface area (Å²) in [7, 11) is 1.38. The van der Waals surface area contributed by atoms with Crippen LogP contribution in [0.1, 0.15) is 30.1 Å². The predicted molar refractivity (Wildman–Crippen MR) is 85.5 cm³/mol. The lowest BCUT2D eigenvalue weighted by Gasteiger charge is -2.21. The summed E-state index contributed by atoms with van der Waals surface area (Å²) in [4.78, 5) is 14.3. The third kappa shape index (κ3) is 4.36. The first-order valence-electron chi connectivity index (χ1n) is 7.54. The van der Waals surface area contributed by atoms with Crippen molar-refractivity contribution in [2.45, 2.75) is 19.8 Å². The molecule has 5 nitrogen and oxygen atoms in total. The zero-order valence-corrected chi connectivity index (χ0v) is 12.9. The minimum atomic E-state index is -0.364. The predicted octanol–water partition coefficient (Wildman–Crippen LogP) is 2.20. The van der Waals surface area contributed by atoms with Crippen molar-refractivity contribution in [3.8, 4) is 0 Å². The lowest BCUT2D eigenvalue weighted by molar-refractivity contribution is 0.0602. The number of nitrogens with zero attached hydrogens (tertiary/aromatic N) is 1. The van der Waals surface area contributed by atoms with E-state index in [2.05, 4.69) is 17.1 Å². The molecule has 3 N–H and O–H groups in total. The molecule has 0 radical (unpaired) electrons. The van der Waals surface area contributed by atoms with Crippen molar-refractivity contribution in [1.82, 2.24) is 4.90 Å². The summed E-state index contributed by atoms with van der Waals surface area (Å²) in [5.74, 6) is 0.156. The van der Waals surface area contributed by atoms with E-state index in [1.165, 1.54) is 33.0 Å². The van der Waals surface area contributed by atoms with Crippen molar-refractivity contribution < 1.29 is 9.53 Å². The Morgan fingerprint density at radius 2 is 2.14 bits per heavy atom. The van der Waals surface area contributed by atoms with E-state index >= 15 is 0 Å². The number of nitrogens with one attached hydrogen (secondary N) is 1. The highest BCUT2D eigenvalue weighted by Gasteiger charge is 2.16. The topological polar surface area (TPSA) is 67.6 Å². The van der Waals surface area contributed by atoms with E-state index in [1.807, 2.05) is 6.07 Å². The molecule has 1 unspecified atom stereocenters. The molecule has 0 bridgehead atoms. The molecule has 2 rings (SSSR count). The van der Waals surface area contributed by atoms with Gasteiger partial charge >= 0.3 is 5.97 Å². The molecule has 1 aromatic carbocycles. The Labute approximate surface area is 126 Å². The van der Waals surface area contributed by atoms with Gasteiger partial charge in [-0.1, -0.05) is 6.92 Å². The fourth-order valence-corrected chi connectivity index (χ4v) is 2.75. The monoisotopic (exact) mass is 291 g/mol. The number of nitrogens with two attached hydrogens (primary N) is 1. The van der Waals surface area contributed by atoms with Crippen LogP contribution in [0.3, 0.4) is 0 Å². The Morgan fingerprint density at radius 3 is 2.81 bits per heavy atom. The Kier molecular flexibility index (Phi) is 5.44. The van der Waals surface area contributed by atoms with Gasteiger partial charge in [0.1, 0.15) is 0 Å². The van der Waals surface area contributed by atoms with Gasteiger partial charge in [-0.05, 0) is 50.0 Å². The molecule has 21 heavy (non-hydrogen) atoms. The van der Waals surface area contributed by atoms with Crippen molar-refractivity contribution in [3.05, 3.63) is 23.8 Å². The number of carbonyl (C=O) groups is 1. The summed E-state index contributed by atoms with van der Waals surface area (Å²) in [5, 5.41) is 3.35. The number of benzene rings is 1. The number of hydrogen-bond donors (Lipinski definition) is 2. The zero-order chi connectivity index (χ0) is 15.2. The molecule has 0 amide bonds. The summed E-state index contributed by atoms with van der Waals surface area (Å²) in [6.07, 6.45) is 2.62. The minimum absolute atomic E-state index is 0.364. The van der Waals surface area contributed by atoms with Gasteiger partial charge in [0, 0.05) is 24.5 Å². The summed E-state index contributed by atoms with van der Waals surface area (Å²) in [6.45, 7) is 6.56. The first kappa shape index (κ1) is 15.6. The lowest BCUT2D eigenvalue weighted by atomic mass is 10.1. The maximum Gasteiger partial charge on any atom is 0.340 e. The second-order valence-electron chi connectivity index (χ2n) is 5.79. The lowest BCUT2D eigenvalue weighted by Crippen LogP contribution is -2.29. The number of methoxy groups -OCH3 is 1. The maximum atomic E-state index is 11.8. The Hall–Kier alpha value is -1.75. The van der Waals surface area contributed by atoms with Crippen LogP contribution in [0.15, 0.2) is 18.2 Å². The number of nitrogen functional groups attached to an aromatic ring is 1. The maximum absolute atomic E-state index is 11.8. The van der Waals surface area contributed by atoms with Crippen molar-refractivity contribution in [3.63, 3.8) is 0 Å². The average molecular weight is 291 g/mol. The summed E-state index contributed by atoms with van der Waals surface area (Å²) < 4.78 is 4.80. The van der Waals surface area contributed by atoms with Crippen LogP contribution in [-0.4, -0.2) is 44.2 Å². The summed E-state index contributed by atoms with van der Waals surface area (Å²) in [6, 6.07) is 5.28. The van der Waals surface area contributed by atoms with Crippen LogP contribution in [-0.2, 0) is 4.74 Å². The molecular formula is C16H25N3O2. The highest BCUT2D eigenvalue weighted by Crippen LogP contribution is 2.20. The number of anilines is 2. The van der Waals surface area contributed by atoms with Gasteiger partial charge in [-0.25, -0.2) is 4.79 Å². The molecule has 1 atom stereocenters. The Balaban J connectivity index is 1.94. The molecule has 1 heterocycles. The quantitative estimate of drug-likeness (QED) is 0.621. The minimum Gasteiger partial charge on any atom is -0.465 e. The molecule has 1 fully saturated rings. The normalized spacial score (nSPS) is 16.7. The fourth-order valence-electron chi connectivity index (χ4n) is 2.75. The fraction of sp³-hybridized carbons (Fsp3) is 0.562. The van der Waals surface area contributed by atoms with Crippen molar-refractivity contribution in [2.24, 2.45) is 5.92 Å². The first-order valence-corrected chi connectivity index (χ1v) is 7.54. The Morgan fingerprint density at radius 1 is 1.43 bits per heavy atom. The van der Waals surface area contributed by atoms with Crippen LogP contribution in [0.2, 0.25) is 0 Å². The van der Waals surface area contributed by atoms with Gasteiger partial charge in [-0.2, -0.15) is 0 Å². The number of ether oxygens (including phenoxy) is 1. The third-order valence-electron chi connectivity index (χ3n) is 3.86. The molecule has 116 valence electrons. The SMILES string of the molecule is COC(=O)c1cc(N)ccc1NCC(C)CN1CCCC1. The number of hydrogen-bond acceptors (Lipinski definition) is 5. The number of likely N-dealkylation sites (tertiary alicyclic amines) is 1. The molecule has 1 saturated heterocycles. The van der Waals surface area contributed by atoms with Crippen LogP contribution in [0.4, 0.5) is 11.4 Å². The summed E-state index contributed by atoms with van der Waals surface area (Å²) in [5.41, 5.74) is 7.58. The molecule has 5 heteroatoms. The van der Waals surface area contributed by atoms with Gasteiger partial charge in [0.2, 0.25) is 0 Å². The molecule has 0 aliphatic carbocycles. The van der Waals surface area contributed by atoms with Gasteiger partial charge in [0.05, 0.1) is 12.7 Å². The summed E-state index contributed by atoms with van der Waals surface area (Å²) >= 11 is 0. The van der Waals surface area contributed by atoms with Crippen molar-refractivity contribution >= 4 is 17.3 Å². The highest BCUT2D eigenvalue weighted by atomic mass is 16.5. The van der Waals surface area contributed by atoms with E-state index in [0.29, 0.717) is 17.2 Å². The molecule has 0 spiro atoms. The van der Waals surface area contributed by atoms with E-state index < -0.39 is 0 Å². The molecule has 1 aromatic rings. The van der Waals surface area contributed by atoms with Crippen molar-refractivity contribution in [2.75, 3.05) is 44.3 Å². The van der Waals surface area contributed by atoms with Crippen molar-refractivity contribution in [1.29, 1.82) is 0 Å².